The summed E-state index contributed by atoms with van der Waals surface area (Å²) in [6, 6.07) is 17.3. The fourth-order valence-electron chi connectivity index (χ4n) is 4.10. The third kappa shape index (κ3) is 3.61. The van der Waals surface area contributed by atoms with Crippen molar-refractivity contribution >= 4 is 28.8 Å². The van der Waals surface area contributed by atoms with Crippen molar-refractivity contribution in [2.45, 2.75) is 26.6 Å². The molecule has 0 spiro atoms. The zero-order valence-electron chi connectivity index (χ0n) is 18.4. The van der Waals surface area contributed by atoms with Crippen LogP contribution in [0.25, 0.3) is 11.2 Å². The van der Waals surface area contributed by atoms with Crippen LogP contribution in [0.3, 0.4) is 0 Å². The zero-order chi connectivity index (χ0) is 23.1. The predicted molar refractivity (Wildman–Crippen MR) is 124 cm³/mol. The minimum Gasteiger partial charge on any atom is -0.459 e. The molecule has 0 bridgehead atoms. The highest BCUT2D eigenvalue weighted by Crippen LogP contribution is 2.31. The number of aryl methyl sites for hydroxylation is 2. The largest absolute Gasteiger partial charge is 0.459 e. The molecule has 9 nitrogen and oxygen atoms in total. The molecule has 4 aromatic rings. The average molecular weight is 445 g/mol. The van der Waals surface area contributed by atoms with Gasteiger partial charge in [0.1, 0.15) is 13.2 Å². The second-order valence-electron chi connectivity index (χ2n) is 8.10. The molecule has 0 saturated heterocycles. The summed E-state index contributed by atoms with van der Waals surface area (Å²) in [5.41, 5.74) is 2.38. The van der Waals surface area contributed by atoms with Crippen LogP contribution in [0.5, 0.6) is 0 Å². The molecule has 0 unspecified atom stereocenters. The van der Waals surface area contributed by atoms with E-state index in [0.717, 1.165) is 21.4 Å². The van der Waals surface area contributed by atoms with Crippen LogP contribution < -0.4 is 16.1 Å². The Bertz CT molecular complexity index is 1470. The topological polar surface area (TPSA) is 91.4 Å². The number of anilines is 2. The maximum absolute atomic E-state index is 13.3. The molecule has 9 heteroatoms. The normalized spacial score (nSPS) is 12.8. The molecule has 0 amide bonds. The van der Waals surface area contributed by atoms with Crippen molar-refractivity contribution in [2.75, 3.05) is 11.4 Å². The van der Waals surface area contributed by atoms with E-state index in [1.54, 1.807) is 7.05 Å². The number of nitrogens with zero attached hydrogens (tertiary/aromatic N) is 5. The Morgan fingerprint density at radius 2 is 1.76 bits per heavy atom. The summed E-state index contributed by atoms with van der Waals surface area (Å²) in [5, 5.41) is 0. The van der Waals surface area contributed by atoms with Crippen molar-refractivity contribution in [3.63, 3.8) is 0 Å². The molecule has 168 valence electrons. The van der Waals surface area contributed by atoms with Crippen LogP contribution >= 0.6 is 0 Å². The lowest BCUT2D eigenvalue weighted by molar-refractivity contribution is -0.145. The predicted octanol–water partition coefficient (Wildman–Crippen LogP) is 2.10. The van der Waals surface area contributed by atoms with Crippen molar-refractivity contribution in [3.05, 3.63) is 86.6 Å². The van der Waals surface area contributed by atoms with Crippen LogP contribution in [0.2, 0.25) is 0 Å². The first kappa shape index (κ1) is 20.7. The molecular formula is C24H23N5O4. The standard InChI is InChI=1S/C24H23N5O4/c1-16-8-10-18(11-9-16)27-12-13-28-20-21(25-23(27)28)26(2)24(32)29(22(20)31)14-19(30)33-15-17-6-4-3-5-7-17/h3-11H,12-15H2,1-2H3. The number of hydrogen-bond donors (Lipinski definition) is 0. The molecule has 2 aromatic heterocycles. The summed E-state index contributed by atoms with van der Waals surface area (Å²) in [4.78, 5) is 45.2. The van der Waals surface area contributed by atoms with Crippen LogP contribution in [0.4, 0.5) is 11.6 Å². The number of imidazole rings is 1. The van der Waals surface area contributed by atoms with Crippen molar-refractivity contribution in [3.8, 4) is 0 Å². The summed E-state index contributed by atoms with van der Waals surface area (Å²) in [6.07, 6.45) is 0. The van der Waals surface area contributed by atoms with E-state index < -0.39 is 23.8 Å². The second kappa shape index (κ2) is 8.09. The lowest BCUT2D eigenvalue weighted by atomic mass is 10.2. The van der Waals surface area contributed by atoms with Crippen LogP contribution in [0.15, 0.2) is 64.2 Å². The minimum absolute atomic E-state index is 0.0740. The highest BCUT2D eigenvalue weighted by Gasteiger charge is 2.29. The van der Waals surface area contributed by atoms with Gasteiger partial charge in [0.05, 0.1) is 0 Å². The van der Waals surface area contributed by atoms with Crippen molar-refractivity contribution in [2.24, 2.45) is 7.05 Å². The van der Waals surface area contributed by atoms with E-state index in [2.05, 4.69) is 4.98 Å². The van der Waals surface area contributed by atoms with E-state index in [1.165, 1.54) is 4.57 Å². The van der Waals surface area contributed by atoms with Crippen molar-refractivity contribution in [1.82, 2.24) is 18.7 Å². The van der Waals surface area contributed by atoms with Crippen LogP contribution in [0, 0.1) is 6.92 Å². The Hall–Kier alpha value is -4.14. The van der Waals surface area contributed by atoms with E-state index >= 15 is 0 Å². The number of carbonyl (C=O) groups excluding carboxylic acids is 1. The second-order valence-corrected chi connectivity index (χ2v) is 8.10. The highest BCUT2D eigenvalue weighted by molar-refractivity contribution is 5.78. The molecule has 1 aliphatic heterocycles. The quantitative estimate of drug-likeness (QED) is 0.437. The number of carbonyl (C=O) groups is 1. The van der Waals surface area contributed by atoms with E-state index in [0.29, 0.717) is 30.2 Å². The summed E-state index contributed by atoms with van der Waals surface area (Å²) >= 11 is 0. The average Bonchev–Trinajstić information content (AvgIpc) is 3.40. The van der Waals surface area contributed by atoms with E-state index in [4.69, 9.17) is 4.74 Å². The van der Waals surface area contributed by atoms with Crippen LogP contribution in [0.1, 0.15) is 11.1 Å². The first-order chi connectivity index (χ1) is 15.9. The van der Waals surface area contributed by atoms with Gasteiger partial charge in [-0.1, -0.05) is 48.0 Å². The van der Waals surface area contributed by atoms with Gasteiger partial charge in [0.25, 0.3) is 5.56 Å². The fourth-order valence-corrected chi connectivity index (χ4v) is 4.10. The smallest absolute Gasteiger partial charge is 0.333 e. The van der Waals surface area contributed by atoms with Gasteiger partial charge in [0.15, 0.2) is 11.2 Å². The first-order valence-electron chi connectivity index (χ1n) is 10.7. The monoisotopic (exact) mass is 445 g/mol. The van der Waals surface area contributed by atoms with Gasteiger partial charge >= 0.3 is 11.7 Å². The molecule has 2 aromatic carbocycles. The first-order valence-corrected chi connectivity index (χ1v) is 10.7. The number of aromatic nitrogens is 4. The Balaban J connectivity index is 1.49. The molecule has 5 rings (SSSR count). The maximum atomic E-state index is 13.3. The fraction of sp³-hybridized carbons (Fsp3) is 0.250. The summed E-state index contributed by atoms with van der Waals surface area (Å²) in [7, 11) is 1.55. The number of rotatable bonds is 5. The van der Waals surface area contributed by atoms with Crippen molar-refractivity contribution in [1.29, 1.82) is 0 Å². The molecule has 0 saturated carbocycles. The Morgan fingerprint density at radius 1 is 1.03 bits per heavy atom. The summed E-state index contributed by atoms with van der Waals surface area (Å²) in [6.45, 7) is 2.83. The van der Waals surface area contributed by atoms with Gasteiger partial charge in [-0.05, 0) is 24.6 Å². The summed E-state index contributed by atoms with van der Waals surface area (Å²) in [5.74, 6) is -0.0507. The number of fused-ring (bicyclic) bond motifs is 3. The molecular weight excluding hydrogens is 422 g/mol. The highest BCUT2D eigenvalue weighted by atomic mass is 16.5. The van der Waals surface area contributed by atoms with Gasteiger partial charge < -0.3 is 14.2 Å². The molecule has 0 radical (unpaired) electrons. The van der Waals surface area contributed by atoms with Gasteiger partial charge in [-0.25, -0.2) is 9.36 Å². The molecule has 33 heavy (non-hydrogen) atoms. The Morgan fingerprint density at radius 3 is 2.48 bits per heavy atom. The molecule has 0 fully saturated rings. The van der Waals surface area contributed by atoms with Gasteiger partial charge in [0.2, 0.25) is 5.95 Å². The van der Waals surface area contributed by atoms with E-state index in [1.807, 2.05) is 71.0 Å². The van der Waals surface area contributed by atoms with E-state index in [-0.39, 0.29) is 6.61 Å². The Labute approximate surface area is 189 Å². The maximum Gasteiger partial charge on any atom is 0.333 e. The molecule has 0 aliphatic carbocycles. The summed E-state index contributed by atoms with van der Waals surface area (Å²) < 4.78 is 9.30. The Kier molecular flexibility index (Phi) is 5.08. The van der Waals surface area contributed by atoms with Crippen molar-refractivity contribution < 1.29 is 9.53 Å². The lowest BCUT2D eigenvalue weighted by Crippen LogP contribution is -2.41. The lowest BCUT2D eigenvalue weighted by Gasteiger charge is -2.16. The minimum atomic E-state index is -0.653. The van der Waals surface area contributed by atoms with Gasteiger partial charge in [-0.15, -0.1) is 0 Å². The molecule has 1 aliphatic rings. The molecule has 0 N–H and O–H groups in total. The zero-order valence-corrected chi connectivity index (χ0v) is 18.4. The van der Waals surface area contributed by atoms with Gasteiger partial charge in [-0.2, -0.15) is 4.98 Å². The number of ether oxygens (including phenoxy) is 1. The van der Waals surface area contributed by atoms with E-state index in [9.17, 15) is 14.4 Å². The third-order valence-corrected chi connectivity index (χ3v) is 5.88. The van der Waals surface area contributed by atoms with Gasteiger partial charge in [0, 0.05) is 25.8 Å². The molecule has 0 atom stereocenters. The number of esters is 1. The third-order valence-electron chi connectivity index (χ3n) is 5.88. The van der Waals surface area contributed by atoms with Crippen LogP contribution in [-0.2, 0) is 36.3 Å². The molecule has 3 heterocycles. The number of benzene rings is 2. The van der Waals surface area contributed by atoms with Gasteiger partial charge in [-0.3, -0.25) is 14.2 Å². The van der Waals surface area contributed by atoms with Crippen LogP contribution in [-0.4, -0.2) is 31.2 Å². The number of hydrogen-bond acceptors (Lipinski definition) is 6. The SMILES string of the molecule is Cc1ccc(N2CCn3c2nc2c3c(=O)n(CC(=O)OCc3ccccc3)c(=O)n2C)cc1.